The third-order valence-electron chi connectivity index (χ3n) is 3.01. The van der Waals surface area contributed by atoms with Crippen molar-refractivity contribution in [3.05, 3.63) is 39.6 Å². The standard InChI is InChI=1S/C15H19N3O3/c1-5-6-18-13(7-9(2)17-18)16-11(4)14-12(19)8-10(3)21-15(14)20/h7-8,19H,5-6H2,1-4H3/b16-11+. The van der Waals surface area contributed by atoms with Gasteiger partial charge in [0.15, 0.2) is 5.82 Å². The van der Waals surface area contributed by atoms with Crippen LogP contribution in [0.15, 0.2) is 26.3 Å². The van der Waals surface area contributed by atoms with Crippen LogP contribution in [0.2, 0.25) is 0 Å². The summed E-state index contributed by atoms with van der Waals surface area (Å²) in [6.45, 7) is 7.96. The fourth-order valence-electron chi connectivity index (χ4n) is 2.15. The highest BCUT2D eigenvalue weighted by Gasteiger charge is 2.14. The molecule has 2 heterocycles. The zero-order valence-corrected chi connectivity index (χ0v) is 12.7. The molecule has 0 unspecified atom stereocenters. The Labute approximate surface area is 122 Å². The summed E-state index contributed by atoms with van der Waals surface area (Å²) in [6.07, 6.45) is 0.931. The normalized spacial score (nSPS) is 11.9. The number of aryl methyl sites for hydroxylation is 3. The van der Waals surface area contributed by atoms with Gasteiger partial charge in [-0.05, 0) is 27.2 Å². The molecule has 6 heteroatoms. The molecule has 0 saturated carbocycles. The summed E-state index contributed by atoms with van der Waals surface area (Å²) in [4.78, 5) is 16.3. The third-order valence-corrected chi connectivity index (χ3v) is 3.01. The Hall–Kier alpha value is -2.37. The van der Waals surface area contributed by atoms with Crippen molar-refractivity contribution >= 4 is 11.5 Å². The highest BCUT2D eigenvalue weighted by atomic mass is 16.4. The van der Waals surface area contributed by atoms with E-state index in [4.69, 9.17) is 4.42 Å². The van der Waals surface area contributed by atoms with Crippen LogP contribution in [0, 0.1) is 13.8 Å². The molecule has 0 spiro atoms. The lowest BCUT2D eigenvalue weighted by Crippen LogP contribution is -2.13. The number of rotatable bonds is 4. The van der Waals surface area contributed by atoms with Gasteiger partial charge in [-0.3, -0.25) is 0 Å². The molecule has 2 rings (SSSR count). The molecule has 0 bridgehead atoms. The van der Waals surface area contributed by atoms with Gasteiger partial charge < -0.3 is 9.52 Å². The summed E-state index contributed by atoms with van der Waals surface area (Å²) in [5.74, 6) is 0.899. The smallest absolute Gasteiger partial charge is 0.348 e. The zero-order chi connectivity index (χ0) is 15.6. The van der Waals surface area contributed by atoms with Gasteiger partial charge in [0.2, 0.25) is 0 Å². The van der Waals surface area contributed by atoms with E-state index in [1.165, 1.54) is 6.07 Å². The molecule has 0 radical (unpaired) electrons. The van der Waals surface area contributed by atoms with Crippen LogP contribution in [0.4, 0.5) is 5.82 Å². The first-order chi connectivity index (χ1) is 9.92. The Morgan fingerprint density at radius 1 is 1.43 bits per heavy atom. The van der Waals surface area contributed by atoms with Crippen LogP contribution in [0.3, 0.4) is 0 Å². The summed E-state index contributed by atoms with van der Waals surface area (Å²) < 4.78 is 6.80. The maximum absolute atomic E-state index is 11.9. The minimum atomic E-state index is -0.591. The number of hydrogen-bond acceptors (Lipinski definition) is 5. The van der Waals surface area contributed by atoms with Crippen molar-refractivity contribution in [2.24, 2.45) is 4.99 Å². The molecule has 0 atom stereocenters. The number of aromatic hydroxyl groups is 1. The molecule has 0 aliphatic heterocycles. The van der Waals surface area contributed by atoms with Crippen molar-refractivity contribution in [3.63, 3.8) is 0 Å². The van der Waals surface area contributed by atoms with Crippen LogP contribution in [0.25, 0.3) is 0 Å². The van der Waals surface area contributed by atoms with E-state index < -0.39 is 5.63 Å². The number of hydrogen-bond donors (Lipinski definition) is 1. The lowest BCUT2D eigenvalue weighted by atomic mass is 10.1. The summed E-state index contributed by atoms with van der Waals surface area (Å²) in [5, 5.41) is 14.3. The molecule has 2 aromatic rings. The van der Waals surface area contributed by atoms with Crippen molar-refractivity contribution in [1.29, 1.82) is 0 Å². The van der Waals surface area contributed by atoms with E-state index in [1.54, 1.807) is 18.5 Å². The van der Waals surface area contributed by atoms with E-state index in [-0.39, 0.29) is 11.3 Å². The van der Waals surface area contributed by atoms with Crippen molar-refractivity contribution < 1.29 is 9.52 Å². The second-order valence-corrected chi connectivity index (χ2v) is 4.97. The van der Waals surface area contributed by atoms with Crippen molar-refractivity contribution in [1.82, 2.24) is 9.78 Å². The van der Waals surface area contributed by atoms with Gasteiger partial charge in [0.05, 0.1) is 11.4 Å². The van der Waals surface area contributed by atoms with Gasteiger partial charge in [0.1, 0.15) is 17.1 Å². The number of aromatic nitrogens is 2. The molecular weight excluding hydrogens is 270 g/mol. The number of aliphatic imine (C=N–C) groups is 1. The summed E-state index contributed by atoms with van der Waals surface area (Å²) in [5.41, 5.74) is 0.753. The molecule has 0 amide bonds. The first-order valence-corrected chi connectivity index (χ1v) is 6.86. The first kappa shape index (κ1) is 15.0. The molecule has 0 aliphatic carbocycles. The van der Waals surface area contributed by atoms with Gasteiger partial charge in [-0.15, -0.1) is 0 Å². The van der Waals surface area contributed by atoms with E-state index in [9.17, 15) is 9.90 Å². The monoisotopic (exact) mass is 289 g/mol. The average molecular weight is 289 g/mol. The molecule has 1 N–H and O–H groups in total. The van der Waals surface area contributed by atoms with Crippen LogP contribution >= 0.6 is 0 Å². The highest BCUT2D eigenvalue weighted by molar-refractivity contribution is 6.01. The quantitative estimate of drug-likeness (QED) is 0.877. The minimum absolute atomic E-state index is 0.0856. The van der Waals surface area contributed by atoms with Crippen LogP contribution in [-0.2, 0) is 6.54 Å². The van der Waals surface area contributed by atoms with E-state index >= 15 is 0 Å². The lowest BCUT2D eigenvalue weighted by Gasteiger charge is -2.05. The zero-order valence-electron chi connectivity index (χ0n) is 12.7. The molecule has 21 heavy (non-hydrogen) atoms. The maximum atomic E-state index is 11.9. The Kier molecular flexibility index (Phi) is 4.26. The summed E-state index contributed by atoms with van der Waals surface area (Å²) in [7, 11) is 0. The van der Waals surface area contributed by atoms with Crippen molar-refractivity contribution in [2.75, 3.05) is 0 Å². The molecule has 112 valence electrons. The fraction of sp³-hybridized carbons (Fsp3) is 0.400. The van der Waals surface area contributed by atoms with E-state index in [0.29, 0.717) is 17.3 Å². The SMILES string of the molecule is CCCn1nc(C)cc1/N=C(\C)c1c(O)cc(C)oc1=O. The van der Waals surface area contributed by atoms with Gasteiger partial charge in [-0.1, -0.05) is 6.92 Å². The fourth-order valence-corrected chi connectivity index (χ4v) is 2.15. The average Bonchev–Trinajstić information content (AvgIpc) is 2.68. The first-order valence-electron chi connectivity index (χ1n) is 6.86. The molecule has 0 saturated heterocycles. The van der Waals surface area contributed by atoms with Gasteiger partial charge in [-0.2, -0.15) is 5.10 Å². The van der Waals surface area contributed by atoms with E-state index in [0.717, 1.165) is 18.7 Å². The Bertz CT molecular complexity index is 741. The molecule has 0 aromatic carbocycles. The largest absolute Gasteiger partial charge is 0.507 e. The Morgan fingerprint density at radius 2 is 2.14 bits per heavy atom. The molecule has 0 fully saturated rings. The van der Waals surface area contributed by atoms with Gasteiger partial charge in [0, 0.05) is 18.7 Å². The molecule has 0 aliphatic rings. The predicted octanol–water partition coefficient (Wildman–Crippen LogP) is 2.71. The summed E-state index contributed by atoms with van der Waals surface area (Å²) in [6, 6.07) is 3.25. The maximum Gasteiger partial charge on any atom is 0.348 e. The number of nitrogens with zero attached hydrogens (tertiary/aromatic N) is 3. The van der Waals surface area contributed by atoms with Gasteiger partial charge in [0.25, 0.3) is 0 Å². The highest BCUT2D eigenvalue weighted by Crippen LogP contribution is 2.20. The summed E-state index contributed by atoms with van der Waals surface area (Å²) >= 11 is 0. The molecule has 2 aromatic heterocycles. The molecule has 6 nitrogen and oxygen atoms in total. The lowest BCUT2D eigenvalue weighted by molar-refractivity contribution is 0.432. The van der Waals surface area contributed by atoms with E-state index in [2.05, 4.69) is 17.0 Å². The third kappa shape index (κ3) is 3.21. The Balaban J connectivity index is 2.49. The predicted molar refractivity (Wildman–Crippen MR) is 80.5 cm³/mol. The van der Waals surface area contributed by atoms with Crippen LogP contribution in [0.1, 0.15) is 37.3 Å². The van der Waals surface area contributed by atoms with Gasteiger partial charge >= 0.3 is 5.63 Å². The minimum Gasteiger partial charge on any atom is -0.507 e. The van der Waals surface area contributed by atoms with Crippen LogP contribution in [0.5, 0.6) is 5.75 Å². The second kappa shape index (κ2) is 5.95. The van der Waals surface area contributed by atoms with Crippen molar-refractivity contribution in [3.8, 4) is 5.75 Å². The molecular formula is C15H19N3O3. The second-order valence-electron chi connectivity index (χ2n) is 4.97. The van der Waals surface area contributed by atoms with Gasteiger partial charge in [-0.25, -0.2) is 14.5 Å². The topological polar surface area (TPSA) is 80.6 Å². The van der Waals surface area contributed by atoms with Crippen LogP contribution < -0.4 is 5.63 Å². The van der Waals surface area contributed by atoms with E-state index in [1.807, 2.05) is 13.0 Å². The van der Waals surface area contributed by atoms with Crippen LogP contribution in [-0.4, -0.2) is 20.6 Å². The van der Waals surface area contributed by atoms with Crippen molar-refractivity contribution in [2.45, 2.75) is 40.7 Å². The Morgan fingerprint density at radius 3 is 2.76 bits per heavy atom.